The minimum atomic E-state index is -4.32. The third-order valence-electron chi connectivity index (χ3n) is 3.06. The Morgan fingerprint density at radius 1 is 1.30 bits per heavy atom. The van der Waals surface area contributed by atoms with Crippen molar-refractivity contribution in [2.75, 3.05) is 13.2 Å². The van der Waals surface area contributed by atoms with E-state index in [1.165, 1.54) is 0 Å². The van der Waals surface area contributed by atoms with E-state index >= 15 is 0 Å². The van der Waals surface area contributed by atoms with Crippen LogP contribution in [0, 0.1) is 0 Å². The second-order valence-electron chi connectivity index (χ2n) is 5.14. The molecule has 0 spiro atoms. The number of rotatable bonds is 4. The largest absolute Gasteiger partial charge is 0.411 e. The molecule has 0 saturated heterocycles. The van der Waals surface area contributed by atoms with E-state index in [9.17, 15) is 13.2 Å². The molecule has 0 unspecified atom stereocenters. The van der Waals surface area contributed by atoms with Gasteiger partial charge in [-0.2, -0.15) is 13.2 Å². The molecule has 0 radical (unpaired) electrons. The van der Waals surface area contributed by atoms with Crippen molar-refractivity contribution < 1.29 is 17.9 Å². The Hall–Kier alpha value is -1.21. The molecule has 112 valence electrons. The van der Waals surface area contributed by atoms with Gasteiger partial charge in [0.1, 0.15) is 13.2 Å². The Morgan fingerprint density at radius 3 is 2.70 bits per heavy atom. The number of halogens is 3. The predicted octanol–water partition coefficient (Wildman–Crippen LogP) is 2.32. The normalized spacial score (nSPS) is 15.5. The highest BCUT2D eigenvalue weighted by atomic mass is 19.4. The number of hydrogen-bond donors (Lipinski definition) is 1. The fourth-order valence-electron chi connectivity index (χ4n) is 2.22. The molecule has 20 heavy (non-hydrogen) atoms. The monoisotopic (exact) mass is 289 g/mol. The van der Waals surface area contributed by atoms with E-state index in [-0.39, 0.29) is 12.5 Å². The summed E-state index contributed by atoms with van der Waals surface area (Å²) >= 11 is 0. The number of nitrogens with one attached hydrogen (secondary N) is 1. The van der Waals surface area contributed by atoms with Crippen molar-refractivity contribution in [3.8, 4) is 0 Å². The first kappa shape index (κ1) is 15.2. The molecule has 0 saturated carbocycles. The zero-order valence-corrected chi connectivity index (χ0v) is 11.5. The van der Waals surface area contributed by atoms with E-state index in [2.05, 4.69) is 20.0 Å². The highest BCUT2D eigenvalue weighted by molar-refractivity contribution is 5.30. The van der Waals surface area contributed by atoms with Gasteiger partial charge < -0.3 is 10.1 Å². The molecule has 1 N–H and O–H groups in total. The molecule has 0 aromatic carbocycles. The first-order chi connectivity index (χ1) is 9.37. The lowest BCUT2D eigenvalue weighted by Crippen LogP contribution is -2.28. The van der Waals surface area contributed by atoms with Crippen LogP contribution in [0.4, 0.5) is 13.2 Å². The van der Waals surface area contributed by atoms with Crippen LogP contribution in [0.3, 0.4) is 0 Å². The lowest BCUT2D eigenvalue weighted by Gasteiger charge is -2.21. The Labute approximate surface area is 115 Å². The van der Waals surface area contributed by atoms with Crippen molar-refractivity contribution in [1.82, 2.24) is 15.3 Å². The fraction of sp³-hybridized carbons (Fsp3) is 0.692. The standard InChI is InChI=1S/C13H18F3N3O/c1-8(2)12-9-5-17-4-3-10(9)18-11(19-12)6-20-7-13(14,15)16/h8,17H,3-7H2,1-2H3. The quantitative estimate of drug-likeness (QED) is 0.924. The van der Waals surface area contributed by atoms with Crippen LogP contribution < -0.4 is 5.32 Å². The van der Waals surface area contributed by atoms with Crippen molar-refractivity contribution >= 4 is 0 Å². The van der Waals surface area contributed by atoms with Crippen LogP contribution in [0.15, 0.2) is 0 Å². The molecular formula is C13H18F3N3O. The summed E-state index contributed by atoms with van der Waals surface area (Å²) in [5, 5.41) is 3.26. The minimum absolute atomic E-state index is 0.202. The lowest BCUT2D eigenvalue weighted by molar-refractivity contribution is -0.177. The van der Waals surface area contributed by atoms with Crippen molar-refractivity contribution in [2.45, 2.75) is 45.5 Å². The molecule has 1 aromatic heterocycles. The Bertz CT molecular complexity index is 475. The average Bonchev–Trinajstić information content (AvgIpc) is 2.36. The van der Waals surface area contributed by atoms with E-state index in [4.69, 9.17) is 0 Å². The summed E-state index contributed by atoms with van der Waals surface area (Å²) in [5.41, 5.74) is 2.90. The van der Waals surface area contributed by atoms with Crippen LogP contribution in [-0.2, 0) is 24.3 Å². The van der Waals surface area contributed by atoms with Gasteiger partial charge in [0.15, 0.2) is 5.82 Å². The van der Waals surface area contributed by atoms with E-state index in [0.717, 1.165) is 29.9 Å². The molecule has 0 bridgehead atoms. The summed E-state index contributed by atoms with van der Waals surface area (Å²) in [6, 6.07) is 0. The van der Waals surface area contributed by atoms with Gasteiger partial charge >= 0.3 is 6.18 Å². The number of nitrogens with zero attached hydrogens (tertiary/aromatic N) is 2. The molecule has 0 fully saturated rings. The van der Waals surface area contributed by atoms with Crippen LogP contribution >= 0.6 is 0 Å². The van der Waals surface area contributed by atoms with Gasteiger partial charge in [-0.1, -0.05) is 13.8 Å². The molecule has 0 aliphatic carbocycles. The smallest absolute Gasteiger partial charge is 0.364 e. The molecule has 2 heterocycles. The van der Waals surface area contributed by atoms with E-state index < -0.39 is 12.8 Å². The Morgan fingerprint density at radius 2 is 2.05 bits per heavy atom. The van der Waals surface area contributed by atoms with Gasteiger partial charge in [0.25, 0.3) is 0 Å². The molecular weight excluding hydrogens is 271 g/mol. The van der Waals surface area contributed by atoms with Crippen LogP contribution in [0.2, 0.25) is 0 Å². The second kappa shape index (κ2) is 6.05. The fourth-order valence-corrected chi connectivity index (χ4v) is 2.22. The number of aromatic nitrogens is 2. The summed E-state index contributed by atoms with van der Waals surface area (Å²) < 4.78 is 40.8. The van der Waals surface area contributed by atoms with Gasteiger partial charge in [0, 0.05) is 25.1 Å². The molecule has 0 amide bonds. The number of ether oxygens (including phenoxy) is 1. The first-order valence-corrected chi connectivity index (χ1v) is 6.60. The van der Waals surface area contributed by atoms with Gasteiger partial charge in [0.2, 0.25) is 0 Å². The van der Waals surface area contributed by atoms with Crippen LogP contribution in [0.25, 0.3) is 0 Å². The maximum Gasteiger partial charge on any atom is 0.411 e. The molecule has 7 heteroatoms. The van der Waals surface area contributed by atoms with E-state index in [1.54, 1.807) is 0 Å². The topological polar surface area (TPSA) is 47.0 Å². The number of hydrogen-bond acceptors (Lipinski definition) is 4. The van der Waals surface area contributed by atoms with Crippen molar-refractivity contribution in [3.05, 3.63) is 22.8 Å². The zero-order chi connectivity index (χ0) is 14.8. The third-order valence-corrected chi connectivity index (χ3v) is 3.06. The first-order valence-electron chi connectivity index (χ1n) is 6.60. The SMILES string of the molecule is CC(C)c1nc(COCC(F)(F)F)nc2c1CNCC2. The average molecular weight is 289 g/mol. The second-order valence-corrected chi connectivity index (χ2v) is 5.14. The van der Waals surface area contributed by atoms with E-state index in [1.807, 2.05) is 13.8 Å². The van der Waals surface area contributed by atoms with Gasteiger partial charge in [-0.25, -0.2) is 9.97 Å². The maximum atomic E-state index is 12.1. The lowest BCUT2D eigenvalue weighted by atomic mass is 9.98. The summed E-state index contributed by atoms with van der Waals surface area (Å²) in [5.74, 6) is 0.534. The summed E-state index contributed by atoms with van der Waals surface area (Å²) in [7, 11) is 0. The molecule has 4 nitrogen and oxygen atoms in total. The summed E-state index contributed by atoms with van der Waals surface area (Å²) in [4.78, 5) is 8.69. The van der Waals surface area contributed by atoms with Crippen molar-refractivity contribution in [1.29, 1.82) is 0 Å². The van der Waals surface area contributed by atoms with Gasteiger partial charge in [-0.15, -0.1) is 0 Å². The highest BCUT2D eigenvalue weighted by Crippen LogP contribution is 2.23. The summed E-state index contributed by atoms with van der Waals surface area (Å²) in [6.07, 6.45) is -3.55. The highest BCUT2D eigenvalue weighted by Gasteiger charge is 2.28. The third kappa shape index (κ3) is 3.89. The van der Waals surface area contributed by atoms with Gasteiger partial charge in [-0.05, 0) is 5.92 Å². The molecule has 1 aromatic rings. The van der Waals surface area contributed by atoms with Crippen LogP contribution in [0.1, 0.15) is 42.5 Å². The van der Waals surface area contributed by atoms with Gasteiger partial charge in [0.05, 0.1) is 11.4 Å². The Balaban J connectivity index is 2.15. The zero-order valence-electron chi connectivity index (χ0n) is 11.5. The van der Waals surface area contributed by atoms with Crippen LogP contribution in [-0.4, -0.2) is 29.3 Å². The molecule has 1 aliphatic heterocycles. The van der Waals surface area contributed by atoms with Crippen molar-refractivity contribution in [2.24, 2.45) is 0 Å². The number of fused-ring (bicyclic) bond motifs is 1. The number of alkyl halides is 3. The molecule has 2 rings (SSSR count). The van der Waals surface area contributed by atoms with Crippen molar-refractivity contribution in [3.63, 3.8) is 0 Å². The maximum absolute atomic E-state index is 12.1. The van der Waals surface area contributed by atoms with Gasteiger partial charge in [-0.3, -0.25) is 0 Å². The summed E-state index contributed by atoms with van der Waals surface area (Å²) in [6.45, 7) is 4.08. The Kier molecular flexibility index (Phi) is 4.59. The minimum Gasteiger partial charge on any atom is -0.364 e. The molecule has 1 aliphatic rings. The molecule has 0 atom stereocenters. The predicted molar refractivity (Wildman–Crippen MR) is 67.2 cm³/mol. The van der Waals surface area contributed by atoms with E-state index in [0.29, 0.717) is 12.4 Å². The van der Waals surface area contributed by atoms with Crippen LogP contribution in [0.5, 0.6) is 0 Å².